The molecule has 0 saturated carbocycles. The van der Waals surface area contributed by atoms with E-state index in [1.807, 2.05) is 71.6 Å². The number of carbonyl (C=O) groups excluding carboxylic acids is 2. The fourth-order valence-corrected chi connectivity index (χ4v) is 5.15. The predicted molar refractivity (Wildman–Crippen MR) is 142 cm³/mol. The number of thioether (sulfide) groups is 1. The first-order valence-electron chi connectivity index (χ1n) is 11.9. The zero-order chi connectivity index (χ0) is 24.8. The van der Waals surface area contributed by atoms with Crippen LogP contribution in [0.3, 0.4) is 0 Å². The molecule has 1 atom stereocenters. The number of ether oxygens (including phenoxy) is 1. The Kier molecular flexibility index (Phi) is 7.81. The van der Waals surface area contributed by atoms with Crippen LogP contribution in [0.5, 0.6) is 5.75 Å². The number of nitrogens with one attached hydrogen (secondary N) is 1. The Morgan fingerprint density at radius 3 is 2.34 bits per heavy atom. The number of nitrogens with zero attached hydrogens (tertiary/aromatic N) is 1. The molecule has 0 aliphatic carbocycles. The van der Waals surface area contributed by atoms with Crippen LogP contribution in [-0.2, 0) is 16.8 Å². The second-order valence-corrected chi connectivity index (χ2v) is 10.7. The Bertz CT molecular complexity index is 1140. The Balaban J connectivity index is 1.28. The largest absolute Gasteiger partial charge is 0.492 e. The molecule has 3 aromatic rings. The Morgan fingerprint density at radius 1 is 1.00 bits per heavy atom. The van der Waals surface area contributed by atoms with Crippen molar-refractivity contribution in [3.8, 4) is 5.75 Å². The Labute approximate surface area is 211 Å². The molecule has 0 bridgehead atoms. The molecule has 2 amide bonds. The van der Waals surface area contributed by atoms with E-state index in [0.29, 0.717) is 31.0 Å². The van der Waals surface area contributed by atoms with Gasteiger partial charge >= 0.3 is 0 Å². The monoisotopic (exact) mass is 488 g/mol. The highest BCUT2D eigenvalue weighted by molar-refractivity contribution is 8.00. The molecule has 182 valence electrons. The number of carbonyl (C=O) groups is 2. The van der Waals surface area contributed by atoms with E-state index in [1.54, 1.807) is 11.8 Å². The van der Waals surface area contributed by atoms with E-state index in [1.165, 1.54) is 5.56 Å². The van der Waals surface area contributed by atoms with Crippen LogP contribution >= 0.6 is 11.8 Å². The van der Waals surface area contributed by atoms with Gasteiger partial charge in [-0.25, -0.2) is 0 Å². The predicted octanol–water partition coefficient (Wildman–Crippen LogP) is 5.57. The van der Waals surface area contributed by atoms with Crippen molar-refractivity contribution in [1.29, 1.82) is 0 Å². The van der Waals surface area contributed by atoms with Gasteiger partial charge in [0.15, 0.2) is 0 Å². The van der Waals surface area contributed by atoms with Gasteiger partial charge < -0.3 is 15.0 Å². The molecule has 1 fully saturated rings. The molecule has 1 heterocycles. The minimum absolute atomic E-state index is 0.0436. The number of hydrogen-bond donors (Lipinski definition) is 1. The van der Waals surface area contributed by atoms with Gasteiger partial charge in [-0.2, -0.15) is 0 Å². The first-order chi connectivity index (χ1) is 16.8. The van der Waals surface area contributed by atoms with Gasteiger partial charge in [0.25, 0.3) is 5.91 Å². The lowest BCUT2D eigenvalue weighted by Gasteiger charge is -2.24. The van der Waals surface area contributed by atoms with Crippen LogP contribution in [0, 0.1) is 0 Å². The second-order valence-electron chi connectivity index (χ2n) is 9.67. The van der Waals surface area contributed by atoms with Gasteiger partial charge in [-0.3, -0.25) is 9.59 Å². The maximum Gasteiger partial charge on any atom is 0.251 e. The highest BCUT2D eigenvalue weighted by Gasteiger charge is 2.32. The van der Waals surface area contributed by atoms with Gasteiger partial charge in [-0.05, 0) is 46.4 Å². The van der Waals surface area contributed by atoms with Gasteiger partial charge in [-0.1, -0.05) is 75.4 Å². The average Bonchev–Trinajstić information content (AvgIpc) is 3.22. The van der Waals surface area contributed by atoms with Crippen molar-refractivity contribution in [2.45, 2.75) is 38.1 Å². The molecule has 6 heteroatoms. The lowest BCUT2D eigenvalue weighted by molar-refractivity contribution is -0.128. The highest BCUT2D eigenvalue weighted by Crippen LogP contribution is 2.39. The molecule has 0 radical (unpaired) electrons. The van der Waals surface area contributed by atoms with E-state index in [0.717, 1.165) is 16.9 Å². The van der Waals surface area contributed by atoms with E-state index in [-0.39, 0.29) is 22.6 Å². The lowest BCUT2D eigenvalue weighted by Crippen LogP contribution is -2.28. The molecule has 0 unspecified atom stereocenters. The van der Waals surface area contributed by atoms with Gasteiger partial charge in [0.05, 0.1) is 12.3 Å². The van der Waals surface area contributed by atoms with Crippen molar-refractivity contribution in [2.24, 2.45) is 0 Å². The topological polar surface area (TPSA) is 58.6 Å². The van der Waals surface area contributed by atoms with E-state index in [2.05, 4.69) is 38.2 Å². The number of rotatable bonds is 8. The summed E-state index contributed by atoms with van der Waals surface area (Å²) in [5.41, 5.74) is 4.08. The van der Waals surface area contributed by atoms with Gasteiger partial charge in [0, 0.05) is 12.1 Å². The summed E-state index contributed by atoms with van der Waals surface area (Å²) in [7, 11) is 0. The molecule has 4 rings (SSSR count). The smallest absolute Gasteiger partial charge is 0.251 e. The zero-order valence-corrected chi connectivity index (χ0v) is 21.3. The highest BCUT2D eigenvalue weighted by atomic mass is 32.2. The minimum atomic E-state index is -0.139. The van der Waals surface area contributed by atoms with Crippen LogP contribution in [0.4, 0.5) is 0 Å². The molecule has 3 aromatic carbocycles. The van der Waals surface area contributed by atoms with Crippen molar-refractivity contribution in [2.75, 3.05) is 18.9 Å². The van der Waals surface area contributed by atoms with E-state index in [9.17, 15) is 9.59 Å². The van der Waals surface area contributed by atoms with Crippen LogP contribution < -0.4 is 10.1 Å². The first-order valence-corrected chi connectivity index (χ1v) is 12.9. The number of hydrogen-bond acceptors (Lipinski definition) is 4. The summed E-state index contributed by atoms with van der Waals surface area (Å²) in [5, 5.41) is 2.87. The summed E-state index contributed by atoms with van der Waals surface area (Å²) >= 11 is 1.62. The van der Waals surface area contributed by atoms with Gasteiger partial charge in [0.1, 0.15) is 17.7 Å². The maximum absolute atomic E-state index is 12.6. The SMILES string of the molecule is CC(C)(C)c1ccc(OCCNC(=O)c2ccc([C@H]3SCC(=O)N3Cc3ccccc3)cc2)cc1. The Morgan fingerprint density at radius 2 is 1.69 bits per heavy atom. The van der Waals surface area contributed by atoms with Gasteiger partial charge in [0.2, 0.25) is 5.91 Å². The van der Waals surface area contributed by atoms with Crippen LogP contribution in [-0.4, -0.2) is 35.6 Å². The normalized spacial score (nSPS) is 15.8. The maximum atomic E-state index is 12.6. The zero-order valence-electron chi connectivity index (χ0n) is 20.5. The summed E-state index contributed by atoms with van der Waals surface area (Å²) in [5.74, 6) is 1.26. The van der Waals surface area contributed by atoms with Gasteiger partial charge in [-0.15, -0.1) is 11.8 Å². The van der Waals surface area contributed by atoms with Crippen molar-refractivity contribution < 1.29 is 14.3 Å². The van der Waals surface area contributed by atoms with Crippen LogP contribution in [0.2, 0.25) is 0 Å². The second kappa shape index (κ2) is 11.0. The molecular formula is C29H32N2O3S. The van der Waals surface area contributed by atoms with Crippen molar-refractivity contribution >= 4 is 23.6 Å². The molecule has 35 heavy (non-hydrogen) atoms. The summed E-state index contributed by atoms with van der Waals surface area (Å²) in [6, 6.07) is 25.6. The van der Waals surface area contributed by atoms with Crippen molar-refractivity contribution in [3.05, 3.63) is 101 Å². The molecule has 5 nitrogen and oxygen atoms in total. The van der Waals surface area contributed by atoms with E-state index >= 15 is 0 Å². The fourth-order valence-electron chi connectivity index (χ4n) is 3.97. The fraction of sp³-hybridized carbons (Fsp3) is 0.310. The summed E-state index contributed by atoms with van der Waals surface area (Å²) in [6.07, 6.45) is 0. The molecule has 0 spiro atoms. The molecule has 1 aliphatic rings. The first kappa shape index (κ1) is 24.9. The standard InChI is InChI=1S/C29H32N2O3S/c1-29(2,3)24-13-15-25(16-14-24)34-18-17-30-27(33)22-9-11-23(12-10-22)28-31(26(32)20-35-28)19-21-7-5-4-6-8-21/h4-16,28H,17-20H2,1-3H3,(H,30,33)/t28-/m1/s1. The quantitative estimate of drug-likeness (QED) is 0.421. The Hall–Kier alpha value is -3.25. The summed E-state index contributed by atoms with van der Waals surface area (Å²) in [4.78, 5) is 26.9. The van der Waals surface area contributed by atoms with Crippen LogP contribution in [0.15, 0.2) is 78.9 Å². The minimum Gasteiger partial charge on any atom is -0.492 e. The number of benzene rings is 3. The van der Waals surface area contributed by atoms with Crippen LogP contribution in [0.25, 0.3) is 0 Å². The molecule has 1 aliphatic heterocycles. The third-order valence-electron chi connectivity index (χ3n) is 6.00. The van der Waals surface area contributed by atoms with Crippen molar-refractivity contribution in [1.82, 2.24) is 10.2 Å². The molecular weight excluding hydrogens is 456 g/mol. The summed E-state index contributed by atoms with van der Waals surface area (Å²) in [6.45, 7) is 7.93. The molecule has 1 saturated heterocycles. The third-order valence-corrected chi connectivity index (χ3v) is 7.25. The van der Waals surface area contributed by atoms with Crippen molar-refractivity contribution in [3.63, 3.8) is 0 Å². The van der Waals surface area contributed by atoms with E-state index in [4.69, 9.17) is 4.74 Å². The third kappa shape index (κ3) is 6.45. The van der Waals surface area contributed by atoms with Crippen LogP contribution in [0.1, 0.15) is 53.2 Å². The summed E-state index contributed by atoms with van der Waals surface area (Å²) < 4.78 is 5.76. The number of amides is 2. The molecule has 0 aromatic heterocycles. The lowest BCUT2D eigenvalue weighted by atomic mass is 9.87. The molecule has 1 N–H and O–H groups in total. The average molecular weight is 489 g/mol. The van der Waals surface area contributed by atoms with E-state index < -0.39 is 0 Å².